The van der Waals surface area contributed by atoms with Crippen LogP contribution < -0.4 is 5.32 Å². The number of rotatable bonds is 4. The molecule has 0 radical (unpaired) electrons. The molecule has 1 saturated heterocycles. The van der Waals surface area contributed by atoms with Crippen molar-refractivity contribution in [1.29, 1.82) is 0 Å². The summed E-state index contributed by atoms with van der Waals surface area (Å²) in [5.41, 5.74) is 0. The lowest BCUT2D eigenvalue weighted by Gasteiger charge is -2.17. The van der Waals surface area contributed by atoms with E-state index >= 15 is 0 Å². The molecule has 0 aromatic rings. The summed E-state index contributed by atoms with van der Waals surface area (Å²) in [5.74, 6) is 1.28. The smallest absolute Gasteiger partial charge is 0.222 e. The molecule has 1 N–H and O–H groups in total. The third kappa shape index (κ3) is 3.20. The van der Waals surface area contributed by atoms with Crippen LogP contribution in [0.1, 0.15) is 33.1 Å². The average Bonchev–Trinajstić information content (AvgIpc) is 2.87. The highest BCUT2D eigenvalue weighted by Gasteiger charge is 2.29. The van der Waals surface area contributed by atoms with Crippen LogP contribution in [0, 0.1) is 11.8 Å². The van der Waals surface area contributed by atoms with Gasteiger partial charge in [-0.1, -0.05) is 13.8 Å². The number of amides is 1. The van der Waals surface area contributed by atoms with Gasteiger partial charge in [0.2, 0.25) is 5.91 Å². The first kappa shape index (κ1) is 10.9. The van der Waals surface area contributed by atoms with Crippen LogP contribution in [0.5, 0.6) is 0 Å². The zero-order valence-electron chi connectivity index (χ0n) is 9.83. The van der Waals surface area contributed by atoms with Crippen LogP contribution in [0.4, 0.5) is 0 Å². The van der Waals surface area contributed by atoms with E-state index in [-0.39, 0.29) is 11.8 Å². The van der Waals surface area contributed by atoms with Crippen LogP contribution in [0.3, 0.4) is 0 Å². The quantitative estimate of drug-likeness (QED) is 0.757. The molecule has 3 nitrogen and oxygen atoms in total. The highest BCUT2D eigenvalue weighted by Crippen LogP contribution is 2.30. The van der Waals surface area contributed by atoms with E-state index in [1.165, 1.54) is 25.9 Å². The molecule has 0 bridgehead atoms. The predicted octanol–water partition coefficient (Wildman–Crippen LogP) is 1.24. The minimum atomic E-state index is 0.113. The topological polar surface area (TPSA) is 32.3 Å². The van der Waals surface area contributed by atoms with Crippen molar-refractivity contribution in [2.24, 2.45) is 11.8 Å². The minimum absolute atomic E-state index is 0.113. The molecule has 1 unspecified atom stereocenters. The van der Waals surface area contributed by atoms with E-state index in [9.17, 15) is 4.79 Å². The standard InChI is InChI=1S/C12H22N2O/c1-9(2)12(15)13-11-5-6-14(8-11)7-10-3-4-10/h9-11H,3-8H2,1-2H3,(H,13,15). The van der Waals surface area contributed by atoms with Crippen molar-refractivity contribution in [1.82, 2.24) is 10.2 Å². The van der Waals surface area contributed by atoms with Gasteiger partial charge in [0.25, 0.3) is 0 Å². The lowest BCUT2D eigenvalue weighted by atomic mass is 10.2. The average molecular weight is 210 g/mol. The fraction of sp³-hybridized carbons (Fsp3) is 0.917. The molecule has 2 rings (SSSR count). The summed E-state index contributed by atoms with van der Waals surface area (Å²) in [4.78, 5) is 14.0. The zero-order valence-corrected chi connectivity index (χ0v) is 9.83. The molecule has 86 valence electrons. The fourth-order valence-corrected chi connectivity index (χ4v) is 2.15. The minimum Gasteiger partial charge on any atom is -0.352 e. The molecule has 1 amide bonds. The molecule has 1 atom stereocenters. The van der Waals surface area contributed by atoms with E-state index in [1.807, 2.05) is 13.8 Å². The molecule has 1 saturated carbocycles. The van der Waals surface area contributed by atoms with Crippen LogP contribution in [0.25, 0.3) is 0 Å². The molecular weight excluding hydrogens is 188 g/mol. The summed E-state index contributed by atoms with van der Waals surface area (Å²) in [7, 11) is 0. The Morgan fingerprint density at radius 3 is 2.73 bits per heavy atom. The molecule has 1 heterocycles. The number of nitrogens with zero attached hydrogens (tertiary/aromatic N) is 1. The van der Waals surface area contributed by atoms with Gasteiger partial charge in [0.15, 0.2) is 0 Å². The number of likely N-dealkylation sites (tertiary alicyclic amines) is 1. The van der Waals surface area contributed by atoms with Crippen molar-refractivity contribution in [3.05, 3.63) is 0 Å². The summed E-state index contributed by atoms with van der Waals surface area (Å²) in [6, 6.07) is 0.402. The summed E-state index contributed by atoms with van der Waals surface area (Å²) < 4.78 is 0. The maximum Gasteiger partial charge on any atom is 0.222 e. The summed E-state index contributed by atoms with van der Waals surface area (Å²) in [6.07, 6.45) is 3.96. The highest BCUT2D eigenvalue weighted by atomic mass is 16.1. The van der Waals surface area contributed by atoms with E-state index in [1.54, 1.807) is 0 Å². The number of carbonyl (C=O) groups is 1. The molecule has 2 fully saturated rings. The van der Waals surface area contributed by atoms with E-state index in [0.29, 0.717) is 6.04 Å². The van der Waals surface area contributed by atoms with Crippen LogP contribution >= 0.6 is 0 Å². The first-order valence-corrected chi connectivity index (χ1v) is 6.18. The molecule has 1 aliphatic heterocycles. The third-order valence-electron chi connectivity index (χ3n) is 3.36. The van der Waals surface area contributed by atoms with Gasteiger partial charge in [-0.05, 0) is 25.2 Å². The van der Waals surface area contributed by atoms with Gasteiger partial charge >= 0.3 is 0 Å². The Kier molecular flexibility index (Phi) is 3.29. The Hall–Kier alpha value is -0.570. The normalized spacial score (nSPS) is 27.3. The molecule has 0 aromatic heterocycles. The van der Waals surface area contributed by atoms with Crippen molar-refractivity contribution in [2.75, 3.05) is 19.6 Å². The van der Waals surface area contributed by atoms with E-state index in [2.05, 4.69) is 10.2 Å². The lowest BCUT2D eigenvalue weighted by molar-refractivity contribution is -0.124. The van der Waals surface area contributed by atoms with Crippen molar-refractivity contribution >= 4 is 5.91 Å². The second kappa shape index (κ2) is 4.52. The molecule has 15 heavy (non-hydrogen) atoms. The van der Waals surface area contributed by atoms with Gasteiger partial charge in [-0.2, -0.15) is 0 Å². The molecule has 2 aliphatic rings. The van der Waals surface area contributed by atoms with Gasteiger partial charge in [0.1, 0.15) is 0 Å². The Labute approximate surface area is 92.2 Å². The molecule has 3 heteroatoms. The Morgan fingerprint density at radius 1 is 1.40 bits per heavy atom. The molecule has 0 aromatic carbocycles. The third-order valence-corrected chi connectivity index (χ3v) is 3.36. The summed E-state index contributed by atoms with van der Waals surface area (Å²) >= 11 is 0. The van der Waals surface area contributed by atoms with Gasteiger partial charge in [0, 0.05) is 31.6 Å². The zero-order chi connectivity index (χ0) is 10.8. The number of carbonyl (C=O) groups excluding carboxylic acids is 1. The van der Waals surface area contributed by atoms with Crippen LogP contribution in [-0.4, -0.2) is 36.5 Å². The van der Waals surface area contributed by atoms with Gasteiger partial charge in [0.05, 0.1) is 0 Å². The van der Waals surface area contributed by atoms with Crippen molar-refractivity contribution < 1.29 is 4.79 Å². The van der Waals surface area contributed by atoms with E-state index < -0.39 is 0 Å². The lowest BCUT2D eigenvalue weighted by Crippen LogP contribution is -2.39. The summed E-state index contributed by atoms with van der Waals surface area (Å²) in [6.45, 7) is 7.39. The molecular formula is C12H22N2O. The highest BCUT2D eigenvalue weighted by molar-refractivity contribution is 5.78. The van der Waals surface area contributed by atoms with Crippen LogP contribution in [0.15, 0.2) is 0 Å². The van der Waals surface area contributed by atoms with Crippen LogP contribution in [-0.2, 0) is 4.79 Å². The number of hydrogen-bond acceptors (Lipinski definition) is 2. The second-order valence-corrected chi connectivity index (χ2v) is 5.35. The van der Waals surface area contributed by atoms with Gasteiger partial charge < -0.3 is 10.2 Å². The molecule has 1 aliphatic carbocycles. The van der Waals surface area contributed by atoms with Gasteiger partial charge in [-0.3, -0.25) is 4.79 Å². The summed E-state index contributed by atoms with van der Waals surface area (Å²) in [5, 5.41) is 3.12. The Balaban J connectivity index is 1.69. The van der Waals surface area contributed by atoms with E-state index in [4.69, 9.17) is 0 Å². The first-order valence-electron chi connectivity index (χ1n) is 6.18. The maximum atomic E-state index is 11.5. The fourth-order valence-electron chi connectivity index (χ4n) is 2.15. The SMILES string of the molecule is CC(C)C(=O)NC1CCN(CC2CC2)C1. The second-order valence-electron chi connectivity index (χ2n) is 5.35. The number of nitrogens with one attached hydrogen (secondary N) is 1. The van der Waals surface area contributed by atoms with Crippen molar-refractivity contribution in [3.8, 4) is 0 Å². The molecule has 0 spiro atoms. The van der Waals surface area contributed by atoms with E-state index in [0.717, 1.165) is 18.9 Å². The largest absolute Gasteiger partial charge is 0.352 e. The van der Waals surface area contributed by atoms with Crippen LogP contribution in [0.2, 0.25) is 0 Å². The van der Waals surface area contributed by atoms with Gasteiger partial charge in [-0.15, -0.1) is 0 Å². The maximum absolute atomic E-state index is 11.5. The monoisotopic (exact) mass is 210 g/mol. The van der Waals surface area contributed by atoms with Crippen molar-refractivity contribution in [2.45, 2.75) is 39.2 Å². The van der Waals surface area contributed by atoms with Gasteiger partial charge in [-0.25, -0.2) is 0 Å². The Morgan fingerprint density at radius 2 is 2.13 bits per heavy atom. The Bertz CT molecular complexity index is 236. The van der Waals surface area contributed by atoms with Crippen molar-refractivity contribution in [3.63, 3.8) is 0 Å². The first-order chi connectivity index (χ1) is 7.15. The number of hydrogen-bond donors (Lipinski definition) is 1. The predicted molar refractivity (Wildman–Crippen MR) is 60.5 cm³/mol.